The summed E-state index contributed by atoms with van der Waals surface area (Å²) in [7, 11) is 0. The summed E-state index contributed by atoms with van der Waals surface area (Å²) in [6.07, 6.45) is 7.48. The van der Waals surface area contributed by atoms with E-state index in [4.69, 9.17) is 10.5 Å². The number of benzene rings is 1. The average Bonchev–Trinajstić information content (AvgIpc) is 3.33. The van der Waals surface area contributed by atoms with Crippen molar-refractivity contribution in [1.29, 1.82) is 0 Å². The summed E-state index contributed by atoms with van der Waals surface area (Å²) in [6.45, 7) is 1.93. The van der Waals surface area contributed by atoms with Gasteiger partial charge in [-0.15, -0.1) is 0 Å². The fourth-order valence-electron chi connectivity index (χ4n) is 5.29. The summed E-state index contributed by atoms with van der Waals surface area (Å²) in [5, 5.41) is 3.01. The Morgan fingerprint density at radius 2 is 2.06 bits per heavy atom. The smallest absolute Gasteiger partial charge is 0.202 e. The first-order valence-electron chi connectivity index (χ1n) is 11.9. The molecule has 0 atom stereocenters. The van der Waals surface area contributed by atoms with Crippen LogP contribution in [0.15, 0.2) is 35.4 Å². The molecule has 3 heterocycles. The number of hydrogen-bond donors (Lipinski definition) is 2. The Morgan fingerprint density at radius 1 is 1.29 bits per heavy atom. The molecule has 2 aromatic heterocycles. The van der Waals surface area contributed by atoms with Crippen LogP contribution in [0.4, 0.5) is 15.8 Å². The van der Waals surface area contributed by atoms with Gasteiger partial charge in [0.1, 0.15) is 18.0 Å². The van der Waals surface area contributed by atoms with Crippen LogP contribution >= 0.6 is 0 Å². The number of ether oxygens (including phenoxy) is 1. The monoisotopic (exact) mass is 478 g/mol. The molecule has 5 rings (SSSR count). The van der Waals surface area contributed by atoms with Crippen molar-refractivity contribution >= 4 is 33.8 Å². The summed E-state index contributed by atoms with van der Waals surface area (Å²) in [4.78, 5) is 41.8. The van der Waals surface area contributed by atoms with Crippen LogP contribution < -0.4 is 21.2 Å². The third-order valence-electron chi connectivity index (χ3n) is 7.12. The lowest BCUT2D eigenvalue weighted by Crippen LogP contribution is -2.42. The number of pyridine rings is 2. The van der Waals surface area contributed by atoms with Gasteiger partial charge in [0.2, 0.25) is 5.43 Å². The number of nitrogens with one attached hydrogen (secondary N) is 1. The SMILES string of the molecule is CC(=O)c1cn2c3c(c(NCCCC(=O)c4ccccn4)c(F)c(N)c3c1=O)OCC21CCCC1. The molecule has 0 amide bonds. The van der Waals surface area contributed by atoms with Crippen molar-refractivity contribution in [2.75, 3.05) is 24.2 Å². The molecule has 0 bridgehead atoms. The minimum absolute atomic E-state index is 0.00327. The number of halogens is 1. The number of rotatable bonds is 7. The average molecular weight is 479 g/mol. The first kappa shape index (κ1) is 23.0. The lowest BCUT2D eigenvalue weighted by Gasteiger charge is -2.39. The molecular weight excluding hydrogens is 451 g/mol. The molecule has 9 heteroatoms. The quantitative estimate of drug-likeness (QED) is 0.299. The van der Waals surface area contributed by atoms with Gasteiger partial charge in [0, 0.05) is 25.4 Å². The second-order valence-corrected chi connectivity index (χ2v) is 9.34. The second-order valence-electron chi connectivity index (χ2n) is 9.34. The molecule has 182 valence electrons. The van der Waals surface area contributed by atoms with Gasteiger partial charge in [0.25, 0.3) is 0 Å². The van der Waals surface area contributed by atoms with E-state index < -0.39 is 16.8 Å². The van der Waals surface area contributed by atoms with Gasteiger partial charge in [0.05, 0.1) is 27.7 Å². The number of carbonyl (C=O) groups is 2. The van der Waals surface area contributed by atoms with Crippen LogP contribution in [0.2, 0.25) is 0 Å². The summed E-state index contributed by atoms with van der Waals surface area (Å²) in [5.41, 5.74) is 5.73. The topological polar surface area (TPSA) is 116 Å². The van der Waals surface area contributed by atoms with E-state index in [1.165, 1.54) is 6.92 Å². The number of fused-ring (bicyclic) bond motifs is 1. The fraction of sp³-hybridized carbons (Fsp3) is 0.385. The van der Waals surface area contributed by atoms with Gasteiger partial charge in [-0.05, 0) is 38.3 Å². The Bertz CT molecular complexity index is 1390. The predicted octanol–water partition coefficient (Wildman–Crippen LogP) is 4.06. The molecule has 1 spiro atoms. The molecule has 1 aromatic carbocycles. The highest BCUT2D eigenvalue weighted by molar-refractivity contribution is 6.04. The Hall–Kier alpha value is -3.75. The van der Waals surface area contributed by atoms with Crippen molar-refractivity contribution in [1.82, 2.24) is 9.55 Å². The third kappa shape index (κ3) is 3.75. The molecule has 2 aliphatic rings. The van der Waals surface area contributed by atoms with Crippen molar-refractivity contribution in [3.8, 4) is 5.75 Å². The van der Waals surface area contributed by atoms with Crippen LogP contribution in [0, 0.1) is 5.82 Å². The first-order valence-corrected chi connectivity index (χ1v) is 11.9. The van der Waals surface area contributed by atoms with Gasteiger partial charge in [-0.2, -0.15) is 0 Å². The molecular formula is C26H27FN4O4. The zero-order valence-electron chi connectivity index (χ0n) is 19.5. The maximum absolute atomic E-state index is 15.5. The largest absolute Gasteiger partial charge is 0.487 e. The van der Waals surface area contributed by atoms with E-state index in [2.05, 4.69) is 10.3 Å². The molecule has 3 N–H and O–H groups in total. The van der Waals surface area contributed by atoms with Gasteiger partial charge in [0.15, 0.2) is 23.1 Å². The lowest BCUT2D eigenvalue weighted by atomic mass is 9.93. The van der Waals surface area contributed by atoms with Crippen LogP contribution in [-0.4, -0.2) is 34.3 Å². The standard InChI is InChI=1S/C26H27FN4O4/c1-15(32)16-13-31-23-19(24(16)34)21(28)20(27)22(25(23)35-14-26(31)9-3-4-10-26)30-12-6-8-18(33)17-7-2-5-11-29-17/h2,5,7,11,13,30H,3-4,6,8-10,12,14,28H2,1H3. The number of aromatic nitrogens is 2. The van der Waals surface area contributed by atoms with Gasteiger partial charge in [-0.3, -0.25) is 19.4 Å². The number of nitrogen functional groups attached to an aromatic ring is 1. The summed E-state index contributed by atoms with van der Waals surface area (Å²) in [6, 6.07) is 5.15. The minimum atomic E-state index is -0.796. The van der Waals surface area contributed by atoms with E-state index in [9.17, 15) is 14.4 Å². The normalized spacial score (nSPS) is 15.8. The summed E-state index contributed by atoms with van der Waals surface area (Å²) in [5.74, 6) is -1.07. The molecule has 1 fully saturated rings. The number of nitrogens with two attached hydrogens (primary N) is 1. The molecule has 1 aliphatic carbocycles. The predicted molar refractivity (Wildman–Crippen MR) is 131 cm³/mol. The third-order valence-corrected chi connectivity index (χ3v) is 7.12. The maximum Gasteiger partial charge on any atom is 0.202 e. The number of carbonyl (C=O) groups excluding carboxylic acids is 2. The van der Waals surface area contributed by atoms with Gasteiger partial charge < -0.3 is 20.4 Å². The van der Waals surface area contributed by atoms with Crippen molar-refractivity contribution in [3.63, 3.8) is 0 Å². The maximum atomic E-state index is 15.5. The van der Waals surface area contributed by atoms with E-state index in [1.54, 1.807) is 30.6 Å². The Kier molecular flexibility index (Phi) is 5.78. The first-order chi connectivity index (χ1) is 16.8. The van der Waals surface area contributed by atoms with Crippen LogP contribution in [0.25, 0.3) is 10.9 Å². The highest BCUT2D eigenvalue weighted by atomic mass is 19.1. The van der Waals surface area contributed by atoms with Gasteiger partial charge in [-0.1, -0.05) is 18.9 Å². The van der Waals surface area contributed by atoms with Crippen LogP contribution in [0.3, 0.4) is 0 Å². The molecule has 3 aromatic rings. The molecule has 35 heavy (non-hydrogen) atoms. The number of anilines is 2. The van der Waals surface area contributed by atoms with Crippen LogP contribution in [-0.2, 0) is 5.54 Å². The van der Waals surface area contributed by atoms with E-state index in [0.29, 0.717) is 24.2 Å². The summed E-state index contributed by atoms with van der Waals surface area (Å²) < 4.78 is 23.5. The molecule has 8 nitrogen and oxygen atoms in total. The van der Waals surface area contributed by atoms with Crippen molar-refractivity contribution in [3.05, 3.63) is 57.9 Å². The number of nitrogens with zero attached hydrogens (tertiary/aromatic N) is 2. The van der Waals surface area contributed by atoms with Crippen molar-refractivity contribution in [2.24, 2.45) is 0 Å². The molecule has 1 saturated carbocycles. The number of Topliss-reactive ketones (excluding diaryl/α,β-unsaturated/α-hetero) is 2. The Labute approximate surface area is 201 Å². The molecule has 1 aliphatic heterocycles. The van der Waals surface area contributed by atoms with E-state index >= 15 is 4.39 Å². The molecule has 0 radical (unpaired) electrons. The number of ketones is 2. The zero-order valence-corrected chi connectivity index (χ0v) is 19.5. The zero-order chi connectivity index (χ0) is 24.7. The van der Waals surface area contributed by atoms with Gasteiger partial charge >= 0.3 is 0 Å². The minimum Gasteiger partial charge on any atom is -0.487 e. The van der Waals surface area contributed by atoms with Crippen LogP contribution in [0.5, 0.6) is 5.75 Å². The fourth-order valence-corrected chi connectivity index (χ4v) is 5.29. The van der Waals surface area contributed by atoms with E-state index in [-0.39, 0.29) is 52.6 Å². The van der Waals surface area contributed by atoms with E-state index in [1.807, 2.05) is 4.57 Å². The highest BCUT2D eigenvalue weighted by Gasteiger charge is 2.42. The Balaban J connectivity index is 1.53. The molecule has 0 unspecified atom stereocenters. The van der Waals surface area contributed by atoms with Crippen LogP contribution in [0.1, 0.15) is 66.3 Å². The Morgan fingerprint density at radius 3 is 2.74 bits per heavy atom. The number of hydrogen-bond acceptors (Lipinski definition) is 7. The van der Waals surface area contributed by atoms with Gasteiger partial charge in [-0.25, -0.2) is 4.39 Å². The summed E-state index contributed by atoms with van der Waals surface area (Å²) >= 11 is 0. The van der Waals surface area contributed by atoms with Crippen molar-refractivity contribution in [2.45, 2.75) is 51.0 Å². The van der Waals surface area contributed by atoms with E-state index in [0.717, 1.165) is 25.7 Å². The molecule has 0 saturated heterocycles. The van der Waals surface area contributed by atoms with Crippen molar-refractivity contribution < 1.29 is 18.7 Å². The second kappa shape index (κ2) is 8.79. The highest BCUT2D eigenvalue weighted by Crippen LogP contribution is 2.48. The lowest BCUT2D eigenvalue weighted by molar-refractivity contribution is 0.0974.